The monoisotopic (exact) mass is 182 g/mol. The third kappa shape index (κ3) is 0.987. The molecule has 0 spiro atoms. The van der Waals surface area contributed by atoms with Crippen molar-refractivity contribution in [1.82, 2.24) is 0 Å². The number of para-hydroxylation sites is 1. The van der Waals surface area contributed by atoms with Gasteiger partial charge in [0.05, 0.1) is 0 Å². The maximum Gasteiger partial charge on any atom is 0.213 e. The zero-order valence-corrected chi connectivity index (χ0v) is 8.20. The SMILES string of the molecule is CC1=Cc2ccc3ccccc3[n+]2C1. The molecule has 0 N–H and O–H groups in total. The van der Waals surface area contributed by atoms with Crippen LogP contribution in [0.3, 0.4) is 0 Å². The fraction of sp³-hybridized carbons (Fsp3) is 0.154. The minimum Gasteiger partial charge on any atom is -0.188 e. The first-order chi connectivity index (χ1) is 6.84. The van der Waals surface area contributed by atoms with Crippen LogP contribution in [0.2, 0.25) is 0 Å². The number of aromatic nitrogens is 1. The van der Waals surface area contributed by atoms with Crippen molar-refractivity contribution in [3.8, 4) is 0 Å². The van der Waals surface area contributed by atoms with Gasteiger partial charge >= 0.3 is 0 Å². The Morgan fingerprint density at radius 2 is 1.93 bits per heavy atom. The molecule has 1 aliphatic heterocycles. The minimum atomic E-state index is 1.04. The normalized spacial score (nSPS) is 14.2. The highest BCUT2D eigenvalue weighted by molar-refractivity contribution is 5.76. The number of nitrogens with zero attached hydrogens (tertiary/aromatic N) is 1. The van der Waals surface area contributed by atoms with Crippen LogP contribution in [-0.4, -0.2) is 0 Å². The molecule has 2 heterocycles. The highest BCUT2D eigenvalue weighted by Gasteiger charge is 2.19. The van der Waals surface area contributed by atoms with Crippen molar-refractivity contribution in [2.45, 2.75) is 13.5 Å². The van der Waals surface area contributed by atoms with Gasteiger partial charge in [-0.05, 0) is 24.6 Å². The van der Waals surface area contributed by atoms with Crippen LogP contribution in [0, 0.1) is 0 Å². The van der Waals surface area contributed by atoms with E-state index >= 15 is 0 Å². The van der Waals surface area contributed by atoms with E-state index in [1.807, 2.05) is 0 Å². The van der Waals surface area contributed by atoms with Gasteiger partial charge in [0.1, 0.15) is 0 Å². The molecule has 1 aromatic heterocycles. The predicted octanol–water partition coefficient (Wildman–Crippen LogP) is 2.54. The highest BCUT2D eigenvalue weighted by atomic mass is 15.0. The summed E-state index contributed by atoms with van der Waals surface area (Å²) in [5.41, 5.74) is 4.08. The molecule has 0 atom stereocenters. The quantitative estimate of drug-likeness (QED) is 0.551. The summed E-state index contributed by atoms with van der Waals surface area (Å²) < 4.78 is 2.37. The second kappa shape index (κ2) is 2.68. The van der Waals surface area contributed by atoms with Gasteiger partial charge in [-0.2, -0.15) is 4.57 Å². The zero-order valence-electron chi connectivity index (χ0n) is 8.20. The minimum absolute atomic E-state index is 1.04. The number of hydrogen-bond donors (Lipinski definition) is 0. The second-order valence-electron chi connectivity index (χ2n) is 3.89. The summed E-state index contributed by atoms with van der Waals surface area (Å²) in [5.74, 6) is 0. The van der Waals surface area contributed by atoms with E-state index in [-0.39, 0.29) is 0 Å². The summed E-state index contributed by atoms with van der Waals surface area (Å²) in [6, 6.07) is 12.9. The Balaban J connectivity index is 2.38. The molecule has 0 unspecified atom stereocenters. The lowest BCUT2D eigenvalue weighted by atomic mass is 10.2. The van der Waals surface area contributed by atoms with E-state index in [1.54, 1.807) is 0 Å². The van der Waals surface area contributed by atoms with Gasteiger partial charge < -0.3 is 0 Å². The van der Waals surface area contributed by atoms with Gasteiger partial charge in [-0.1, -0.05) is 12.1 Å². The van der Waals surface area contributed by atoms with Crippen molar-refractivity contribution in [1.29, 1.82) is 0 Å². The topological polar surface area (TPSA) is 3.88 Å². The third-order valence-electron chi connectivity index (χ3n) is 2.77. The number of fused-ring (bicyclic) bond motifs is 3. The van der Waals surface area contributed by atoms with E-state index in [0.29, 0.717) is 0 Å². The van der Waals surface area contributed by atoms with Crippen molar-refractivity contribution in [3.63, 3.8) is 0 Å². The Morgan fingerprint density at radius 1 is 1.07 bits per heavy atom. The van der Waals surface area contributed by atoms with Crippen LogP contribution in [0.4, 0.5) is 0 Å². The fourth-order valence-corrected chi connectivity index (χ4v) is 2.13. The van der Waals surface area contributed by atoms with Gasteiger partial charge in [0.15, 0.2) is 6.54 Å². The molecule has 0 aliphatic carbocycles. The van der Waals surface area contributed by atoms with Gasteiger partial charge in [-0.25, -0.2) is 0 Å². The summed E-state index contributed by atoms with van der Waals surface area (Å²) >= 11 is 0. The van der Waals surface area contributed by atoms with E-state index in [1.165, 1.54) is 22.2 Å². The Morgan fingerprint density at radius 3 is 2.86 bits per heavy atom. The molecule has 1 heteroatoms. The van der Waals surface area contributed by atoms with E-state index < -0.39 is 0 Å². The van der Waals surface area contributed by atoms with Crippen LogP contribution >= 0.6 is 0 Å². The Hall–Kier alpha value is -1.63. The molecular weight excluding hydrogens is 170 g/mol. The van der Waals surface area contributed by atoms with Crippen molar-refractivity contribution in [3.05, 3.63) is 47.7 Å². The number of rotatable bonds is 0. The van der Waals surface area contributed by atoms with Crippen LogP contribution in [-0.2, 0) is 6.54 Å². The summed E-state index contributed by atoms with van der Waals surface area (Å²) in [4.78, 5) is 0. The summed E-state index contributed by atoms with van der Waals surface area (Å²) in [5, 5.41) is 1.32. The Bertz CT molecular complexity index is 538. The van der Waals surface area contributed by atoms with Crippen LogP contribution < -0.4 is 4.57 Å². The summed E-state index contributed by atoms with van der Waals surface area (Å²) in [6.45, 7) is 3.22. The summed E-state index contributed by atoms with van der Waals surface area (Å²) in [6.07, 6.45) is 2.26. The van der Waals surface area contributed by atoms with Crippen LogP contribution in [0.1, 0.15) is 12.6 Å². The first-order valence-corrected chi connectivity index (χ1v) is 4.93. The average molecular weight is 182 g/mol. The largest absolute Gasteiger partial charge is 0.213 e. The fourth-order valence-electron chi connectivity index (χ4n) is 2.13. The number of pyridine rings is 1. The average Bonchev–Trinajstić information content (AvgIpc) is 2.59. The summed E-state index contributed by atoms with van der Waals surface area (Å²) in [7, 11) is 0. The number of allylic oxidation sites excluding steroid dienone is 1. The number of benzene rings is 1. The van der Waals surface area contributed by atoms with Crippen molar-refractivity contribution >= 4 is 17.0 Å². The highest BCUT2D eigenvalue weighted by Crippen LogP contribution is 2.16. The lowest BCUT2D eigenvalue weighted by Gasteiger charge is -1.98. The first kappa shape index (κ1) is 7.74. The van der Waals surface area contributed by atoms with Crippen LogP contribution in [0.15, 0.2) is 42.0 Å². The molecule has 0 bridgehead atoms. The van der Waals surface area contributed by atoms with Crippen molar-refractivity contribution < 1.29 is 4.57 Å². The predicted molar refractivity (Wildman–Crippen MR) is 57.8 cm³/mol. The van der Waals surface area contributed by atoms with Crippen LogP contribution in [0.5, 0.6) is 0 Å². The van der Waals surface area contributed by atoms with Gasteiger partial charge in [0, 0.05) is 23.6 Å². The molecule has 68 valence electrons. The van der Waals surface area contributed by atoms with E-state index in [9.17, 15) is 0 Å². The smallest absolute Gasteiger partial charge is 0.188 e. The van der Waals surface area contributed by atoms with Gasteiger partial charge in [-0.15, -0.1) is 0 Å². The molecule has 0 radical (unpaired) electrons. The molecule has 3 rings (SSSR count). The Kier molecular flexibility index (Phi) is 1.48. The lowest BCUT2D eigenvalue weighted by molar-refractivity contribution is -0.660. The van der Waals surface area contributed by atoms with E-state index in [0.717, 1.165) is 6.54 Å². The second-order valence-corrected chi connectivity index (χ2v) is 3.89. The van der Waals surface area contributed by atoms with E-state index in [2.05, 4.69) is 54.0 Å². The number of hydrogen-bond acceptors (Lipinski definition) is 0. The first-order valence-electron chi connectivity index (χ1n) is 4.93. The molecule has 0 saturated carbocycles. The molecule has 1 nitrogen and oxygen atoms in total. The maximum absolute atomic E-state index is 2.37. The molecule has 0 fully saturated rings. The van der Waals surface area contributed by atoms with E-state index in [4.69, 9.17) is 0 Å². The molecule has 0 amide bonds. The third-order valence-corrected chi connectivity index (χ3v) is 2.77. The molecule has 0 saturated heterocycles. The molecule has 14 heavy (non-hydrogen) atoms. The van der Waals surface area contributed by atoms with Crippen LogP contribution in [0.25, 0.3) is 17.0 Å². The molecule has 1 aromatic carbocycles. The van der Waals surface area contributed by atoms with Gasteiger partial charge in [-0.3, -0.25) is 0 Å². The zero-order chi connectivity index (χ0) is 9.54. The molecule has 1 aliphatic rings. The van der Waals surface area contributed by atoms with Gasteiger partial charge in [0.25, 0.3) is 0 Å². The molecule has 2 aromatic rings. The lowest BCUT2D eigenvalue weighted by Crippen LogP contribution is -2.34. The molecular formula is C13H12N+. The standard InChI is InChI=1S/C13H12N/c1-10-8-12-7-6-11-4-2-3-5-13(11)14(12)9-10/h2-8H,9H2,1H3/q+1. The van der Waals surface area contributed by atoms with Gasteiger partial charge in [0.2, 0.25) is 11.2 Å². The maximum atomic E-state index is 2.37. The Labute approximate surface area is 83.3 Å². The van der Waals surface area contributed by atoms with Crippen molar-refractivity contribution in [2.75, 3.05) is 0 Å². The van der Waals surface area contributed by atoms with Crippen molar-refractivity contribution in [2.24, 2.45) is 0 Å².